The van der Waals surface area contributed by atoms with Gasteiger partial charge in [-0.15, -0.1) is 0 Å². The molecule has 94 valence electrons. The van der Waals surface area contributed by atoms with E-state index in [0.29, 0.717) is 34.4 Å². The van der Waals surface area contributed by atoms with Gasteiger partial charge in [0.1, 0.15) is 0 Å². The van der Waals surface area contributed by atoms with Crippen molar-refractivity contribution in [1.82, 2.24) is 10.6 Å². The van der Waals surface area contributed by atoms with Crippen molar-refractivity contribution in [2.75, 3.05) is 19.3 Å². The monoisotopic (exact) mass is 273 g/mol. The highest BCUT2D eigenvalue weighted by Crippen LogP contribution is 2.25. The van der Waals surface area contributed by atoms with Gasteiger partial charge in [-0.3, -0.25) is 0 Å². The zero-order valence-corrected chi connectivity index (χ0v) is 11.1. The largest absolute Gasteiger partial charge is 0.398 e. The van der Waals surface area contributed by atoms with Crippen LogP contribution in [0.2, 0.25) is 5.02 Å². The Labute approximate surface area is 111 Å². The molecule has 0 radical (unpaired) electrons. The fraction of sp³-hybridized carbons (Fsp3) is 0.364. The maximum atomic E-state index is 9.97. The van der Waals surface area contributed by atoms with E-state index in [1.54, 1.807) is 25.2 Å². The highest BCUT2D eigenvalue weighted by atomic mass is 35.5. The van der Waals surface area contributed by atoms with Crippen LogP contribution >= 0.6 is 23.8 Å². The van der Waals surface area contributed by atoms with E-state index in [0.717, 1.165) is 0 Å². The number of halogens is 1. The molecule has 0 fully saturated rings. The maximum Gasteiger partial charge on any atom is 0.166 e. The summed E-state index contributed by atoms with van der Waals surface area (Å²) in [4.78, 5) is 0. The molecular formula is C11H16ClN3OS. The molecule has 1 aromatic carbocycles. The molecule has 0 aliphatic heterocycles. The van der Waals surface area contributed by atoms with Gasteiger partial charge in [0.05, 0.1) is 6.10 Å². The molecule has 0 bridgehead atoms. The summed E-state index contributed by atoms with van der Waals surface area (Å²) in [6.45, 7) is 0.562. The molecule has 0 spiro atoms. The molecule has 4 nitrogen and oxygen atoms in total. The first-order valence-electron chi connectivity index (χ1n) is 5.23. The number of aliphatic hydroxyl groups is 1. The lowest BCUT2D eigenvalue weighted by Crippen LogP contribution is -2.33. The van der Waals surface area contributed by atoms with Crippen molar-refractivity contribution in [3.8, 4) is 0 Å². The third-order valence-corrected chi connectivity index (χ3v) is 2.92. The Morgan fingerprint density at radius 1 is 1.59 bits per heavy atom. The first-order chi connectivity index (χ1) is 8.04. The Hall–Kier alpha value is -1.04. The normalized spacial score (nSPS) is 11.9. The number of aliphatic hydroxyl groups excluding tert-OH is 1. The van der Waals surface area contributed by atoms with Gasteiger partial charge in [-0.25, -0.2) is 0 Å². The predicted molar refractivity (Wildman–Crippen MR) is 75.1 cm³/mol. The Kier molecular flexibility index (Phi) is 5.47. The molecule has 1 unspecified atom stereocenters. The number of nitrogen functional groups attached to an aromatic ring is 1. The molecule has 0 saturated carbocycles. The second-order valence-electron chi connectivity index (χ2n) is 3.58. The Morgan fingerprint density at radius 3 is 2.94 bits per heavy atom. The van der Waals surface area contributed by atoms with Crippen LogP contribution in [-0.2, 0) is 0 Å². The fourth-order valence-corrected chi connectivity index (χ4v) is 1.68. The van der Waals surface area contributed by atoms with Crippen molar-refractivity contribution < 1.29 is 5.11 Å². The van der Waals surface area contributed by atoms with E-state index < -0.39 is 6.10 Å². The topological polar surface area (TPSA) is 70.3 Å². The second-order valence-corrected chi connectivity index (χ2v) is 4.43. The average Bonchev–Trinajstić information content (AvgIpc) is 2.31. The van der Waals surface area contributed by atoms with Crippen LogP contribution in [0.15, 0.2) is 18.2 Å². The minimum atomic E-state index is -0.652. The number of rotatable bonds is 4. The summed E-state index contributed by atoms with van der Waals surface area (Å²) in [7, 11) is 1.74. The van der Waals surface area contributed by atoms with E-state index in [4.69, 9.17) is 29.6 Å². The van der Waals surface area contributed by atoms with E-state index >= 15 is 0 Å². The van der Waals surface area contributed by atoms with Gasteiger partial charge in [0.2, 0.25) is 0 Å². The fourth-order valence-electron chi connectivity index (χ4n) is 1.40. The van der Waals surface area contributed by atoms with Gasteiger partial charge >= 0.3 is 0 Å². The number of hydrogen-bond acceptors (Lipinski definition) is 3. The SMILES string of the molecule is CNC(=S)NCCC(O)c1cc(Cl)ccc1N. The molecule has 17 heavy (non-hydrogen) atoms. The summed E-state index contributed by atoms with van der Waals surface area (Å²) >= 11 is 10.8. The summed E-state index contributed by atoms with van der Waals surface area (Å²) in [5.41, 5.74) is 6.96. The van der Waals surface area contributed by atoms with E-state index in [-0.39, 0.29) is 0 Å². The zero-order valence-electron chi connectivity index (χ0n) is 9.53. The van der Waals surface area contributed by atoms with Crippen LogP contribution in [0.3, 0.4) is 0 Å². The molecule has 0 aromatic heterocycles. The number of nitrogens with two attached hydrogens (primary N) is 1. The van der Waals surface area contributed by atoms with Crippen LogP contribution in [0, 0.1) is 0 Å². The molecule has 1 atom stereocenters. The van der Waals surface area contributed by atoms with Crippen LogP contribution in [0.5, 0.6) is 0 Å². The lowest BCUT2D eigenvalue weighted by molar-refractivity contribution is 0.169. The molecule has 0 amide bonds. The van der Waals surface area contributed by atoms with E-state index in [1.807, 2.05) is 0 Å². The van der Waals surface area contributed by atoms with Gasteiger partial charge in [0.25, 0.3) is 0 Å². The molecule has 1 aromatic rings. The smallest absolute Gasteiger partial charge is 0.166 e. The predicted octanol–water partition coefficient (Wildman–Crippen LogP) is 1.44. The van der Waals surface area contributed by atoms with Crippen molar-refractivity contribution >= 4 is 34.6 Å². The van der Waals surface area contributed by atoms with Crippen molar-refractivity contribution in [2.45, 2.75) is 12.5 Å². The van der Waals surface area contributed by atoms with Crippen molar-refractivity contribution in [3.63, 3.8) is 0 Å². The number of anilines is 1. The van der Waals surface area contributed by atoms with Crippen LogP contribution in [0.1, 0.15) is 18.1 Å². The first kappa shape index (κ1) is 14.0. The Morgan fingerprint density at radius 2 is 2.29 bits per heavy atom. The van der Waals surface area contributed by atoms with Gasteiger partial charge < -0.3 is 21.5 Å². The van der Waals surface area contributed by atoms with Gasteiger partial charge in [-0.1, -0.05) is 11.6 Å². The molecule has 5 N–H and O–H groups in total. The second kappa shape index (κ2) is 6.64. The number of thiocarbonyl (C=S) groups is 1. The molecule has 6 heteroatoms. The van der Waals surface area contributed by atoms with E-state index in [1.165, 1.54) is 0 Å². The van der Waals surface area contributed by atoms with Crippen LogP contribution in [-0.4, -0.2) is 23.8 Å². The summed E-state index contributed by atoms with van der Waals surface area (Å²) in [6, 6.07) is 5.06. The lowest BCUT2D eigenvalue weighted by atomic mass is 10.0. The van der Waals surface area contributed by atoms with Gasteiger partial charge in [0, 0.05) is 29.9 Å². The van der Waals surface area contributed by atoms with E-state index in [2.05, 4.69) is 10.6 Å². The summed E-state index contributed by atoms with van der Waals surface area (Å²) < 4.78 is 0. The van der Waals surface area contributed by atoms with Crippen LogP contribution in [0.4, 0.5) is 5.69 Å². The van der Waals surface area contributed by atoms with Gasteiger partial charge in [0.15, 0.2) is 5.11 Å². The van der Waals surface area contributed by atoms with Crippen LogP contribution in [0.25, 0.3) is 0 Å². The molecule has 1 rings (SSSR count). The zero-order chi connectivity index (χ0) is 12.8. The number of benzene rings is 1. The van der Waals surface area contributed by atoms with Crippen molar-refractivity contribution in [3.05, 3.63) is 28.8 Å². The van der Waals surface area contributed by atoms with Gasteiger partial charge in [-0.2, -0.15) is 0 Å². The third kappa shape index (κ3) is 4.38. The molecular weight excluding hydrogens is 258 g/mol. The molecule has 0 saturated heterocycles. The van der Waals surface area contributed by atoms with Gasteiger partial charge in [-0.05, 0) is 36.8 Å². The minimum absolute atomic E-state index is 0.506. The Balaban J connectivity index is 2.54. The molecule has 0 heterocycles. The molecule has 0 aliphatic carbocycles. The van der Waals surface area contributed by atoms with E-state index in [9.17, 15) is 5.11 Å². The quantitative estimate of drug-likeness (QED) is 0.494. The first-order valence-corrected chi connectivity index (χ1v) is 6.01. The number of nitrogens with one attached hydrogen (secondary N) is 2. The highest BCUT2D eigenvalue weighted by Gasteiger charge is 2.11. The standard InChI is InChI=1S/C11H16ClN3OS/c1-14-11(17)15-5-4-10(16)8-6-7(12)2-3-9(8)13/h2-3,6,10,16H,4-5,13H2,1H3,(H2,14,15,17). The average molecular weight is 274 g/mol. The summed E-state index contributed by atoms with van der Waals surface area (Å²) in [5, 5.41) is 16.8. The molecule has 0 aliphatic rings. The lowest BCUT2D eigenvalue weighted by Gasteiger charge is -2.14. The third-order valence-electron chi connectivity index (χ3n) is 2.34. The minimum Gasteiger partial charge on any atom is -0.398 e. The summed E-state index contributed by atoms with van der Waals surface area (Å²) in [5.74, 6) is 0. The van der Waals surface area contributed by atoms with Crippen molar-refractivity contribution in [2.24, 2.45) is 0 Å². The maximum absolute atomic E-state index is 9.97. The number of hydrogen-bond donors (Lipinski definition) is 4. The Bertz CT molecular complexity index is 400. The summed E-state index contributed by atoms with van der Waals surface area (Å²) in [6.07, 6.45) is -0.146. The van der Waals surface area contributed by atoms with Crippen LogP contribution < -0.4 is 16.4 Å². The highest BCUT2D eigenvalue weighted by molar-refractivity contribution is 7.80. The van der Waals surface area contributed by atoms with Crippen molar-refractivity contribution in [1.29, 1.82) is 0 Å².